The van der Waals surface area contributed by atoms with Crippen LogP contribution >= 0.6 is 0 Å². The van der Waals surface area contributed by atoms with Crippen molar-refractivity contribution in [1.82, 2.24) is 9.80 Å². The number of hydrogen-bond donors (Lipinski definition) is 0. The molecule has 2 aromatic rings. The van der Waals surface area contributed by atoms with Crippen LogP contribution in [0.1, 0.15) is 34.0 Å². The molecule has 2 aliphatic heterocycles. The Bertz CT molecular complexity index is 870. The van der Waals surface area contributed by atoms with Crippen LogP contribution in [0.25, 0.3) is 6.08 Å². The number of benzene rings is 2. The molecule has 4 rings (SSSR count). The Morgan fingerprint density at radius 3 is 2.50 bits per heavy atom. The number of amides is 1. The second kappa shape index (κ2) is 8.40. The van der Waals surface area contributed by atoms with Gasteiger partial charge in [0.15, 0.2) is 0 Å². The van der Waals surface area contributed by atoms with Gasteiger partial charge in [-0.15, -0.1) is 0 Å². The maximum Gasteiger partial charge on any atom is 0.339 e. The van der Waals surface area contributed by atoms with E-state index in [9.17, 15) is 9.59 Å². The number of rotatable bonds is 5. The maximum atomic E-state index is 12.7. The zero-order valence-corrected chi connectivity index (χ0v) is 15.8. The van der Waals surface area contributed by atoms with Crippen molar-refractivity contribution in [2.75, 3.05) is 32.7 Å². The van der Waals surface area contributed by atoms with Gasteiger partial charge in [0.2, 0.25) is 5.91 Å². The second-order valence-corrected chi connectivity index (χ2v) is 7.18. The van der Waals surface area contributed by atoms with Gasteiger partial charge in [-0.25, -0.2) is 4.79 Å². The van der Waals surface area contributed by atoms with E-state index in [4.69, 9.17) is 4.74 Å². The molecule has 0 spiro atoms. The van der Waals surface area contributed by atoms with Gasteiger partial charge < -0.3 is 9.64 Å². The summed E-state index contributed by atoms with van der Waals surface area (Å²) < 4.78 is 5.40. The standard InChI is InChI=1S/C23H24N2O3/c26-22(17-21-19-10-4-5-11-20(19)23(27)28-21)25-15-13-24(14-16-25)12-6-9-18-7-2-1-3-8-18/h1-11,21H,12-17H2/b9-6+. The Morgan fingerprint density at radius 2 is 1.71 bits per heavy atom. The Morgan fingerprint density at radius 1 is 1.00 bits per heavy atom. The zero-order chi connectivity index (χ0) is 19.3. The van der Waals surface area contributed by atoms with E-state index in [-0.39, 0.29) is 18.3 Å². The Kier molecular flexibility index (Phi) is 5.53. The van der Waals surface area contributed by atoms with Gasteiger partial charge in [-0.3, -0.25) is 9.69 Å². The summed E-state index contributed by atoms with van der Waals surface area (Å²) in [6.07, 6.45) is 4.06. The lowest BCUT2D eigenvalue weighted by atomic mass is 10.0. The smallest absolute Gasteiger partial charge is 0.339 e. The Balaban J connectivity index is 1.26. The molecule has 1 atom stereocenters. The van der Waals surface area contributed by atoms with Gasteiger partial charge in [-0.05, 0) is 11.6 Å². The second-order valence-electron chi connectivity index (χ2n) is 7.18. The molecule has 1 saturated heterocycles. The number of fused-ring (bicyclic) bond motifs is 1. The van der Waals surface area contributed by atoms with Crippen molar-refractivity contribution >= 4 is 18.0 Å². The molecule has 2 aromatic carbocycles. The lowest BCUT2D eigenvalue weighted by Crippen LogP contribution is -2.48. The first-order chi connectivity index (χ1) is 13.7. The molecule has 0 saturated carbocycles. The molecule has 1 amide bonds. The fraction of sp³-hybridized carbons (Fsp3) is 0.304. The van der Waals surface area contributed by atoms with Crippen LogP contribution in [-0.2, 0) is 9.53 Å². The summed E-state index contributed by atoms with van der Waals surface area (Å²) >= 11 is 0. The Labute approximate surface area is 165 Å². The largest absolute Gasteiger partial charge is 0.453 e. The van der Waals surface area contributed by atoms with Crippen LogP contribution in [0.3, 0.4) is 0 Å². The molecule has 1 unspecified atom stereocenters. The van der Waals surface area contributed by atoms with Crippen LogP contribution in [0.15, 0.2) is 60.7 Å². The number of ether oxygens (including phenoxy) is 1. The van der Waals surface area contributed by atoms with Crippen LogP contribution < -0.4 is 0 Å². The van der Waals surface area contributed by atoms with Gasteiger partial charge in [0.25, 0.3) is 0 Å². The molecular weight excluding hydrogens is 352 g/mol. The van der Waals surface area contributed by atoms with Crippen molar-refractivity contribution in [3.8, 4) is 0 Å². The van der Waals surface area contributed by atoms with Crippen LogP contribution in [0.5, 0.6) is 0 Å². The minimum Gasteiger partial charge on any atom is -0.453 e. The van der Waals surface area contributed by atoms with E-state index < -0.39 is 6.10 Å². The molecule has 5 heteroatoms. The molecule has 2 aliphatic rings. The van der Waals surface area contributed by atoms with Gasteiger partial charge >= 0.3 is 5.97 Å². The highest BCUT2D eigenvalue weighted by molar-refractivity contribution is 5.94. The predicted octanol–water partition coefficient (Wildman–Crippen LogP) is 3.15. The average Bonchev–Trinajstić information content (AvgIpc) is 3.05. The molecule has 0 radical (unpaired) electrons. The molecule has 1 fully saturated rings. The van der Waals surface area contributed by atoms with Gasteiger partial charge in [0.1, 0.15) is 6.10 Å². The monoisotopic (exact) mass is 376 g/mol. The van der Waals surface area contributed by atoms with Crippen LogP contribution in [-0.4, -0.2) is 54.4 Å². The number of piperazine rings is 1. The fourth-order valence-electron chi connectivity index (χ4n) is 3.74. The zero-order valence-electron chi connectivity index (χ0n) is 15.8. The quantitative estimate of drug-likeness (QED) is 0.753. The van der Waals surface area contributed by atoms with Gasteiger partial charge in [-0.1, -0.05) is 60.7 Å². The summed E-state index contributed by atoms with van der Waals surface area (Å²) in [7, 11) is 0. The number of nitrogens with zero attached hydrogens (tertiary/aromatic N) is 2. The summed E-state index contributed by atoms with van der Waals surface area (Å²) in [5.41, 5.74) is 2.60. The van der Waals surface area contributed by atoms with Crippen LogP contribution in [0, 0.1) is 0 Å². The number of hydrogen-bond acceptors (Lipinski definition) is 4. The molecule has 0 aliphatic carbocycles. The molecule has 2 heterocycles. The molecule has 0 aromatic heterocycles. The molecule has 0 bridgehead atoms. The van der Waals surface area contributed by atoms with E-state index in [1.807, 2.05) is 41.3 Å². The summed E-state index contributed by atoms with van der Waals surface area (Å²) in [4.78, 5) is 28.8. The third-order valence-corrected chi connectivity index (χ3v) is 5.34. The third kappa shape index (κ3) is 4.15. The number of carbonyl (C=O) groups excluding carboxylic acids is 2. The average molecular weight is 376 g/mol. The van der Waals surface area contributed by atoms with Crippen molar-refractivity contribution in [2.45, 2.75) is 12.5 Å². The van der Waals surface area contributed by atoms with E-state index >= 15 is 0 Å². The first-order valence-corrected chi connectivity index (χ1v) is 9.72. The van der Waals surface area contributed by atoms with E-state index in [0.29, 0.717) is 18.7 Å². The summed E-state index contributed by atoms with van der Waals surface area (Å²) in [5.74, 6) is -0.280. The highest BCUT2D eigenvalue weighted by atomic mass is 16.5. The van der Waals surface area contributed by atoms with Crippen molar-refractivity contribution in [2.24, 2.45) is 0 Å². The minimum absolute atomic E-state index is 0.0500. The normalized spacial score (nSPS) is 19.6. The molecule has 0 N–H and O–H groups in total. The first-order valence-electron chi connectivity index (χ1n) is 9.72. The lowest BCUT2D eigenvalue weighted by molar-refractivity contribution is -0.134. The number of cyclic esters (lactones) is 1. The lowest BCUT2D eigenvalue weighted by Gasteiger charge is -2.34. The van der Waals surface area contributed by atoms with Crippen molar-refractivity contribution in [1.29, 1.82) is 0 Å². The summed E-state index contributed by atoms with van der Waals surface area (Å²) in [6, 6.07) is 17.6. The van der Waals surface area contributed by atoms with Gasteiger partial charge in [0.05, 0.1) is 12.0 Å². The van der Waals surface area contributed by atoms with Crippen LogP contribution in [0.4, 0.5) is 0 Å². The number of esters is 1. The number of carbonyl (C=O) groups is 2. The van der Waals surface area contributed by atoms with Crippen molar-refractivity contribution in [3.63, 3.8) is 0 Å². The topological polar surface area (TPSA) is 49.9 Å². The van der Waals surface area contributed by atoms with E-state index in [1.54, 1.807) is 6.07 Å². The summed E-state index contributed by atoms with van der Waals surface area (Å²) in [5, 5.41) is 0. The fourth-order valence-corrected chi connectivity index (χ4v) is 3.74. The van der Waals surface area contributed by atoms with Gasteiger partial charge in [0, 0.05) is 38.3 Å². The third-order valence-electron chi connectivity index (χ3n) is 5.34. The van der Waals surface area contributed by atoms with Crippen molar-refractivity contribution < 1.29 is 14.3 Å². The van der Waals surface area contributed by atoms with Crippen LogP contribution in [0.2, 0.25) is 0 Å². The van der Waals surface area contributed by atoms with Crippen molar-refractivity contribution in [3.05, 3.63) is 77.4 Å². The minimum atomic E-state index is -0.456. The SMILES string of the molecule is O=C1OC(CC(=O)N2CCN(C/C=C/c3ccccc3)CC2)c2ccccc21. The molecular formula is C23H24N2O3. The Hall–Kier alpha value is -2.92. The molecule has 28 heavy (non-hydrogen) atoms. The van der Waals surface area contributed by atoms with E-state index in [2.05, 4.69) is 29.2 Å². The van der Waals surface area contributed by atoms with E-state index in [1.165, 1.54) is 5.56 Å². The van der Waals surface area contributed by atoms with E-state index in [0.717, 1.165) is 25.2 Å². The highest BCUT2D eigenvalue weighted by Crippen LogP contribution is 2.33. The molecule has 5 nitrogen and oxygen atoms in total. The van der Waals surface area contributed by atoms with Gasteiger partial charge in [-0.2, -0.15) is 0 Å². The summed E-state index contributed by atoms with van der Waals surface area (Å²) in [6.45, 7) is 4.00. The first kappa shape index (κ1) is 18.4. The predicted molar refractivity (Wildman–Crippen MR) is 108 cm³/mol. The maximum absolute atomic E-state index is 12.7. The highest BCUT2D eigenvalue weighted by Gasteiger charge is 2.33. The molecule has 144 valence electrons.